The van der Waals surface area contributed by atoms with Crippen LogP contribution in [-0.4, -0.2) is 47.1 Å². The lowest BCUT2D eigenvalue weighted by Crippen LogP contribution is -2.31. The molecule has 10 rings (SSSR count). The van der Waals surface area contributed by atoms with Gasteiger partial charge in [-0.05, 0) is 82.4 Å². The van der Waals surface area contributed by atoms with Crippen LogP contribution in [0.4, 0.5) is 0 Å². The van der Waals surface area contributed by atoms with Crippen LogP contribution in [-0.2, 0) is 19.9 Å². The molecule has 5 aromatic carbocycles. The average molecular weight is 695 g/mol. The quantitative estimate of drug-likeness (QED) is 0.103. The molecule has 5 aliphatic rings. The summed E-state index contributed by atoms with van der Waals surface area (Å²) in [5.41, 5.74) is 1.59. The van der Waals surface area contributed by atoms with E-state index in [2.05, 4.69) is 0 Å². The molecule has 1 spiro atoms. The van der Waals surface area contributed by atoms with Crippen molar-refractivity contribution in [1.29, 1.82) is 0 Å². The van der Waals surface area contributed by atoms with Gasteiger partial charge in [-0.15, -0.1) is 0 Å². The molecule has 2 heterocycles. The Morgan fingerprint density at radius 2 is 1.10 bits per heavy atom. The van der Waals surface area contributed by atoms with E-state index in [4.69, 9.17) is 9.47 Å². The Labute approximate surface area is 296 Å². The van der Waals surface area contributed by atoms with Gasteiger partial charge in [-0.1, -0.05) is 36.4 Å². The molecule has 0 bridgehead atoms. The largest absolute Gasteiger partial charge is 0.508 e. The van der Waals surface area contributed by atoms with Gasteiger partial charge < -0.3 is 45.2 Å². The van der Waals surface area contributed by atoms with Crippen molar-refractivity contribution in [3.8, 4) is 40.2 Å². The number of aromatic hydroxyl groups is 7. The van der Waals surface area contributed by atoms with Crippen molar-refractivity contribution in [2.45, 2.75) is 35.1 Å². The Hall–Kier alpha value is -6.39. The number of rotatable bonds is 4. The summed E-state index contributed by atoms with van der Waals surface area (Å²) >= 11 is 0. The van der Waals surface area contributed by atoms with Crippen molar-refractivity contribution in [3.63, 3.8) is 0 Å². The van der Waals surface area contributed by atoms with Crippen molar-refractivity contribution in [3.05, 3.63) is 159 Å². The van der Waals surface area contributed by atoms with E-state index in [1.165, 1.54) is 42.5 Å². The maximum Gasteiger partial charge on any atom is 0.186 e. The molecule has 0 radical (unpaired) electrons. The van der Waals surface area contributed by atoms with Crippen LogP contribution >= 0.6 is 0 Å². The summed E-state index contributed by atoms with van der Waals surface area (Å²) in [6, 6.07) is 26.8. The first-order valence-corrected chi connectivity index (χ1v) is 16.9. The van der Waals surface area contributed by atoms with Crippen molar-refractivity contribution in [1.82, 2.24) is 0 Å². The van der Waals surface area contributed by atoms with Gasteiger partial charge in [0, 0.05) is 58.6 Å². The van der Waals surface area contributed by atoms with Crippen LogP contribution in [0.3, 0.4) is 0 Å². The van der Waals surface area contributed by atoms with Crippen molar-refractivity contribution >= 4 is 5.78 Å². The smallest absolute Gasteiger partial charge is 0.186 e. The molecule has 2 aliphatic heterocycles. The van der Waals surface area contributed by atoms with Gasteiger partial charge in [-0.3, -0.25) is 4.79 Å². The molecule has 2 fully saturated rings. The molecule has 7 N–H and O–H groups in total. The summed E-state index contributed by atoms with van der Waals surface area (Å²) in [4.78, 5) is 14.7. The zero-order valence-electron chi connectivity index (χ0n) is 27.1. The molecule has 0 aromatic heterocycles. The molecule has 258 valence electrons. The Bertz CT molecular complexity index is 2410. The Balaban J connectivity index is 1.36. The molecule has 0 unspecified atom stereocenters. The lowest BCUT2D eigenvalue weighted by molar-refractivity contribution is -0.112. The molecular weight excluding hydrogens is 664 g/mol. The minimum atomic E-state index is -1.40. The maximum atomic E-state index is 14.7. The number of phenolic OH excluding ortho intramolecular Hbond substituents is 7. The number of hydrogen-bond acceptors (Lipinski definition) is 10. The first-order valence-electron chi connectivity index (χ1n) is 16.9. The highest BCUT2D eigenvalue weighted by Crippen LogP contribution is 2.82. The number of carbonyl (C=O) groups is 1. The van der Waals surface area contributed by atoms with Gasteiger partial charge in [0.2, 0.25) is 0 Å². The fourth-order valence-electron chi connectivity index (χ4n) is 9.80. The van der Waals surface area contributed by atoms with Crippen molar-refractivity contribution in [2.24, 2.45) is 5.92 Å². The van der Waals surface area contributed by atoms with Gasteiger partial charge in [0.15, 0.2) is 23.1 Å². The average Bonchev–Trinajstić information content (AvgIpc) is 3.55. The predicted molar refractivity (Wildman–Crippen MR) is 184 cm³/mol. The number of carbonyl (C=O) groups excluding carboxylic acids is 1. The molecule has 10 heteroatoms. The van der Waals surface area contributed by atoms with Crippen LogP contribution in [0.15, 0.2) is 126 Å². The monoisotopic (exact) mass is 694 g/mol. The lowest BCUT2D eigenvalue weighted by Gasteiger charge is -2.36. The summed E-state index contributed by atoms with van der Waals surface area (Å²) in [6.45, 7) is 0. The van der Waals surface area contributed by atoms with Crippen molar-refractivity contribution in [2.75, 3.05) is 0 Å². The second kappa shape index (κ2) is 10.1. The minimum absolute atomic E-state index is 0.0288. The van der Waals surface area contributed by atoms with Crippen molar-refractivity contribution < 1.29 is 50.0 Å². The van der Waals surface area contributed by atoms with Gasteiger partial charge in [0.25, 0.3) is 0 Å². The number of phenols is 7. The van der Waals surface area contributed by atoms with Crippen LogP contribution < -0.4 is 0 Å². The van der Waals surface area contributed by atoms with Crippen LogP contribution in [0, 0.1) is 5.92 Å². The van der Waals surface area contributed by atoms with Gasteiger partial charge in [-0.2, -0.15) is 0 Å². The number of epoxide rings is 1. The summed E-state index contributed by atoms with van der Waals surface area (Å²) in [6.07, 6.45) is 0.532. The minimum Gasteiger partial charge on any atom is -0.508 e. The number of ketones is 1. The Morgan fingerprint density at radius 1 is 0.538 bits per heavy atom. The van der Waals surface area contributed by atoms with Crippen LogP contribution in [0.25, 0.3) is 0 Å². The van der Waals surface area contributed by atoms with Gasteiger partial charge >= 0.3 is 0 Å². The molecule has 0 saturated carbocycles. The van der Waals surface area contributed by atoms with E-state index in [1.807, 2.05) is 0 Å². The van der Waals surface area contributed by atoms with E-state index in [9.17, 15) is 40.5 Å². The summed E-state index contributed by atoms with van der Waals surface area (Å²) in [5.74, 6) is -3.59. The number of hydrogen-bond donors (Lipinski definition) is 7. The number of ether oxygens (including phenoxy) is 2. The van der Waals surface area contributed by atoms with Gasteiger partial charge in [-0.25, -0.2) is 0 Å². The molecule has 3 aliphatic carbocycles. The van der Waals surface area contributed by atoms with Gasteiger partial charge in [0.05, 0.1) is 0 Å². The number of benzene rings is 5. The molecule has 52 heavy (non-hydrogen) atoms. The predicted octanol–water partition coefficient (Wildman–Crippen LogP) is 6.47. The number of allylic oxidation sites excluding steroid dienone is 2. The van der Waals surface area contributed by atoms with E-state index in [0.717, 1.165) is 5.56 Å². The highest BCUT2D eigenvalue weighted by molar-refractivity contribution is 6.10. The zero-order valence-corrected chi connectivity index (χ0v) is 27.1. The normalized spacial score (nSPS) is 29.0. The first kappa shape index (κ1) is 30.4. The molecule has 10 nitrogen and oxygen atoms in total. The van der Waals surface area contributed by atoms with E-state index < -0.39 is 41.0 Å². The topological polar surface area (TPSA) is 180 Å². The summed E-state index contributed by atoms with van der Waals surface area (Å²) in [5, 5.41) is 75.6. The van der Waals surface area contributed by atoms with Crippen LogP contribution in [0.2, 0.25) is 0 Å². The number of fused-ring (bicyclic) bond motifs is 1. The van der Waals surface area contributed by atoms with E-state index in [0.29, 0.717) is 39.0 Å². The Kier molecular flexibility index (Phi) is 5.92. The highest BCUT2D eigenvalue weighted by atomic mass is 16.7. The third kappa shape index (κ3) is 3.79. The highest BCUT2D eigenvalue weighted by Gasteiger charge is 2.88. The molecule has 0 amide bonds. The summed E-state index contributed by atoms with van der Waals surface area (Å²) in [7, 11) is 0. The molecule has 5 aromatic rings. The fraction of sp³-hybridized carbons (Fsp3) is 0.167. The second-order valence-corrected chi connectivity index (χ2v) is 14.2. The first-order chi connectivity index (χ1) is 25.0. The van der Waals surface area contributed by atoms with Gasteiger partial charge in [0.1, 0.15) is 46.0 Å². The van der Waals surface area contributed by atoms with Crippen LogP contribution in [0.1, 0.15) is 57.2 Å². The zero-order chi connectivity index (χ0) is 35.8. The van der Waals surface area contributed by atoms with E-state index >= 15 is 0 Å². The lowest BCUT2D eigenvalue weighted by atomic mass is 9.67. The van der Waals surface area contributed by atoms with E-state index in [-0.39, 0.29) is 51.8 Å². The summed E-state index contributed by atoms with van der Waals surface area (Å²) < 4.78 is 13.8. The Morgan fingerprint density at radius 3 is 1.71 bits per heavy atom. The fourth-order valence-corrected chi connectivity index (χ4v) is 9.80. The second-order valence-electron chi connectivity index (χ2n) is 14.2. The maximum absolute atomic E-state index is 14.7. The molecule has 7 atom stereocenters. The third-order valence-electron chi connectivity index (χ3n) is 11.6. The molecule has 2 saturated heterocycles. The SMILES string of the molecule is O=C1C=C2O[C@@H](c3ccc(O)cc3)[C@@]34O[C@@]23C2=C1[C@H](c1cc(O)cc(O)c1)[C@@H](c1ccc(O)cc1)[C@H]2[C@@H](c1ccc(O)cc1)c1c(O)cc(O)cc14. The third-order valence-corrected chi connectivity index (χ3v) is 11.6. The molecular formula is C42H30O10. The standard InChI is InChI=1S/C42H30O10/c43-23-7-1-19(2-8-23)33-35(22-13-26(46)15-27(47)14-22)37-31(50)18-32-42-39(37)38(33)34(20-3-9-24(44)10-4-20)36-29(16-28(48)17-30(36)49)41(42,52-42)40(51-32)21-5-11-25(45)12-6-21/h1-18,33-35,38,40,43-49H/t33-,34+,35-,38+,40+,41-,42-/m1/s1. The van der Waals surface area contributed by atoms with Crippen LogP contribution in [0.5, 0.6) is 40.2 Å². The van der Waals surface area contributed by atoms with E-state index in [1.54, 1.807) is 66.7 Å².